The molecule has 0 aliphatic carbocycles. The van der Waals surface area contributed by atoms with Gasteiger partial charge in [0.2, 0.25) is 0 Å². The molecule has 0 amide bonds. The Hall–Kier alpha value is -2.49. The van der Waals surface area contributed by atoms with E-state index in [0.717, 1.165) is 0 Å². The van der Waals surface area contributed by atoms with E-state index in [-0.39, 0.29) is 11.1 Å². The minimum atomic E-state index is -1.17. The van der Waals surface area contributed by atoms with Crippen molar-refractivity contribution in [3.8, 4) is 0 Å². The first-order chi connectivity index (χ1) is 9.47. The number of halogens is 2. The maximum absolute atomic E-state index is 13.5. The van der Waals surface area contributed by atoms with E-state index in [0.29, 0.717) is 11.1 Å². The molecule has 0 aliphatic heterocycles. The minimum Gasteiger partial charge on any atom is -0.478 e. The number of carbonyl (C=O) groups is 1. The van der Waals surface area contributed by atoms with E-state index < -0.39 is 17.6 Å². The summed E-state index contributed by atoms with van der Waals surface area (Å²) < 4.78 is 26.3. The Bertz CT molecular complexity index is 673. The molecule has 1 N–H and O–H groups in total. The monoisotopic (exact) mass is 274 g/mol. The maximum Gasteiger partial charge on any atom is 0.336 e. The van der Waals surface area contributed by atoms with E-state index in [1.807, 2.05) is 0 Å². The van der Waals surface area contributed by atoms with E-state index in [1.165, 1.54) is 42.5 Å². The van der Waals surface area contributed by atoms with Gasteiger partial charge in [0.15, 0.2) is 0 Å². The average molecular weight is 274 g/mol. The average Bonchev–Trinajstić information content (AvgIpc) is 2.41. The van der Waals surface area contributed by atoms with Crippen LogP contribution in [0.2, 0.25) is 0 Å². The van der Waals surface area contributed by atoms with Crippen LogP contribution >= 0.6 is 0 Å². The number of aryl methyl sites for hydroxylation is 1. The molecule has 0 fully saturated rings. The molecular formula is C16H12F2O2. The van der Waals surface area contributed by atoms with Crippen LogP contribution in [0.15, 0.2) is 42.5 Å². The number of benzene rings is 2. The highest BCUT2D eigenvalue weighted by Crippen LogP contribution is 2.21. The highest BCUT2D eigenvalue weighted by molar-refractivity contribution is 6.20. The molecule has 0 saturated carbocycles. The van der Waals surface area contributed by atoms with E-state index >= 15 is 0 Å². The van der Waals surface area contributed by atoms with Gasteiger partial charge in [-0.05, 0) is 47.9 Å². The second-order valence-corrected chi connectivity index (χ2v) is 4.38. The van der Waals surface area contributed by atoms with Crippen molar-refractivity contribution in [2.45, 2.75) is 6.92 Å². The fraction of sp³-hybridized carbons (Fsp3) is 0.0625. The molecule has 0 spiro atoms. The van der Waals surface area contributed by atoms with Gasteiger partial charge in [0.05, 0.1) is 5.57 Å². The molecule has 102 valence electrons. The number of carboxylic acid groups (broad SMARTS) is 1. The molecule has 0 bridgehead atoms. The van der Waals surface area contributed by atoms with Crippen molar-refractivity contribution in [3.05, 3.63) is 70.8 Å². The number of hydrogen-bond acceptors (Lipinski definition) is 1. The second kappa shape index (κ2) is 5.65. The van der Waals surface area contributed by atoms with Crippen molar-refractivity contribution < 1.29 is 18.7 Å². The summed E-state index contributed by atoms with van der Waals surface area (Å²) in [7, 11) is 0. The Morgan fingerprint density at radius 1 is 1.10 bits per heavy atom. The fourth-order valence-electron chi connectivity index (χ4n) is 1.75. The summed E-state index contributed by atoms with van der Waals surface area (Å²) in [5.41, 5.74) is 1.20. The third-order valence-corrected chi connectivity index (χ3v) is 2.89. The first-order valence-corrected chi connectivity index (χ1v) is 5.94. The van der Waals surface area contributed by atoms with E-state index in [4.69, 9.17) is 0 Å². The zero-order valence-corrected chi connectivity index (χ0v) is 10.7. The summed E-state index contributed by atoms with van der Waals surface area (Å²) in [6.07, 6.45) is 1.38. The number of carboxylic acids is 1. The topological polar surface area (TPSA) is 37.3 Å². The van der Waals surface area contributed by atoms with Gasteiger partial charge in [-0.25, -0.2) is 13.6 Å². The zero-order valence-electron chi connectivity index (χ0n) is 10.7. The van der Waals surface area contributed by atoms with Gasteiger partial charge in [-0.1, -0.05) is 24.3 Å². The van der Waals surface area contributed by atoms with Crippen molar-refractivity contribution in [2.24, 2.45) is 0 Å². The van der Waals surface area contributed by atoms with Gasteiger partial charge in [0.25, 0.3) is 0 Å². The SMILES string of the molecule is Cc1ccc(/C(=C/c2ccc(F)cc2)C(=O)O)cc1F. The van der Waals surface area contributed by atoms with Gasteiger partial charge in [-0.3, -0.25) is 0 Å². The lowest BCUT2D eigenvalue weighted by Crippen LogP contribution is -2.00. The van der Waals surface area contributed by atoms with Crippen molar-refractivity contribution in [1.29, 1.82) is 0 Å². The van der Waals surface area contributed by atoms with Gasteiger partial charge in [-0.2, -0.15) is 0 Å². The molecule has 2 rings (SSSR count). The quantitative estimate of drug-likeness (QED) is 0.681. The van der Waals surface area contributed by atoms with Crippen LogP contribution in [0.4, 0.5) is 8.78 Å². The molecule has 0 aliphatic rings. The molecule has 4 heteroatoms. The smallest absolute Gasteiger partial charge is 0.336 e. The van der Waals surface area contributed by atoms with Gasteiger partial charge < -0.3 is 5.11 Å². The van der Waals surface area contributed by atoms with Gasteiger partial charge in [0.1, 0.15) is 11.6 Å². The van der Waals surface area contributed by atoms with Gasteiger partial charge in [-0.15, -0.1) is 0 Å². The summed E-state index contributed by atoms with van der Waals surface area (Å²) in [5.74, 6) is -2.04. The highest BCUT2D eigenvalue weighted by atomic mass is 19.1. The number of aliphatic carboxylic acids is 1. The second-order valence-electron chi connectivity index (χ2n) is 4.38. The predicted octanol–water partition coefficient (Wildman–Crippen LogP) is 3.90. The van der Waals surface area contributed by atoms with E-state index in [2.05, 4.69) is 0 Å². The normalized spacial score (nSPS) is 11.4. The van der Waals surface area contributed by atoms with Crippen LogP contribution in [0.3, 0.4) is 0 Å². The summed E-state index contributed by atoms with van der Waals surface area (Å²) in [5, 5.41) is 9.24. The molecule has 0 radical (unpaired) electrons. The summed E-state index contributed by atoms with van der Waals surface area (Å²) in [6.45, 7) is 1.60. The largest absolute Gasteiger partial charge is 0.478 e. The van der Waals surface area contributed by atoms with Crippen LogP contribution in [0.25, 0.3) is 11.6 Å². The molecule has 0 saturated heterocycles. The first-order valence-electron chi connectivity index (χ1n) is 5.94. The highest BCUT2D eigenvalue weighted by Gasteiger charge is 2.12. The zero-order chi connectivity index (χ0) is 14.7. The third kappa shape index (κ3) is 3.09. The molecule has 0 atom stereocenters. The fourth-order valence-corrected chi connectivity index (χ4v) is 1.75. The van der Waals surface area contributed by atoms with E-state index in [1.54, 1.807) is 13.0 Å². The van der Waals surface area contributed by atoms with Crippen LogP contribution < -0.4 is 0 Å². The molecule has 2 nitrogen and oxygen atoms in total. The summed E-state index contributed by atoms with van der Waals surface area (Å²) in [4.78, 5) is 11.3. The predicted molar refractivity (Wildman–Crippen MR) is 73.0 cm³/mol. The molecular weight excluding hydrogens is 262 g/mol. The van der Waals surface area contributed by atoms with Crippen LogP contribution in [-0.2, 0) is 4.79 Å². The first kappa shape index (κ1) is 13.9. The molecule has 0 aromatic heterocycles. The summed E-state index contributed by atoms with van der Waals surface area (Å²) in [6, 6.07) is 9.64. The Morgan fingerprint density at radius 3 is 2.30 bits per heavy atom. The lowest BCUT2D eigenvalue weighted by Gasteiger charge is -2.05. The lowest BCUT2D eigenvalue weighted by molar-refractivity contribution is -0.130. The minimum absolute atomic E-state index is 0.0458. The molecule has 2 aromatic rings. The van der Waals surface area contributed by atoms with Crippen molar-refractivity contribution >= 4 is 17.6 Å². The molecule has 0 unspecified atom stereocenters. The van der Waals surface area contributed by atoms with Gasteiger partial charge in [0, 0.05) is 0 Å². The van der Waals surface area contributed by atoms with Crippen LogP contribution in [0.1, 0.15) is 16.7 Å². The number of rotatable bonds is 3. The Kier molecular flexibility index (Phi) is 3.94. The molecule has 0 heterocycles. The lowest BCUT2D eigenvalue weighted by atomic mass is 10.0. The van der Waals surface area contributed by atoms with Crippen LogP contribution in [0.5, 0.6) is 0 Å². The van der Waals surface area contributed by atoms with Crippen molar-refractivity contribution in [1.82, 2.24) is 0 Å². The van der Waals surface area contributed by atoms with Crippen LogP contribution in [0, 0.1) is 18.6 Å². The maximum atomic E-state index is 13.5. The standard InChI is InChI=1S/C16H12F2O2/c1-10-2-5-12(9-15(10)18)14(16(19)20)8-11-3-6-13(17)7-4-11/h2-9H,1H3,(H,19,20)/b14-8-. The Balaban J connectivity index is 2.48. The Morgan fingerprint density at radius 2 is 1.75 bits per heavy atom. The third-order valence-electron chi connectivity index (χ3n) is 2.89. The van der Waals surface area contributed by atoms with Gasteiger partial charge >= 0.3 is 5.97 Å². The van der Waals surface area contributed by atoms with Crippen molar-refractivity contribution in [2.75, 3.05) is 0 Å². The summed E-state index contributed by atoms with van der Waals surface area (Å²) >= 11 is 0. The van der Waals surface area contributed by atoms with Crippen molar-refractivity contribution in [3.63, 3.8) is 0 Å². The Labute approximate surface area is 115 Å². The molecule has 20 heavy (non-hydrogen) atoms. The van der Waals surface area contributed by atoms with E-state index in [9.17, 15) is 18.7 Å². The van der Waals surface area contributed by atoms with Crippen LogP contribution in [-0.4, -0.2) is 11.1 Å². The number of hydrogen-bond donors (Lipinski definition) is 1. The molecule has 2 aromatic carbocycles.